The molecule has 0 aliphatic rings. The van der Waals surface area contributed by atoms with E-state index in [1.807, 2.05) is 0 Å². The lowest BCUT2D eigenvalue weighted by Gasteiger charge is -2.13. The van der Waals surface area contributed by atoms with E-state index < -0.39 is 10.9 Å². The summed E-state index contributed by atoms with van der Waals surface area (Å²) in [6, 6.07) is 12.7. The van der Waals surface area contributed by atoms with Crippen molar-refractivity contribution in [3.63, 3.8) is 0 Å². The van der Waals surface area contributed by atoms with Crippen LogP contribution in [0.4, 0.5) is 11.5 Å². The number of pyridine rings is 1. The van der Waals surface area contributed by atoms with E-state index in [4.69, 9.17) is 14.6 Å². The molecule has 0 spiro atoms. The van der Waals surface area contributed by atoms with Gasteiger partial charge in [-0.05, 0) is 57.4 Å². The maximum absolute atomic E-state index is 10.9. The maximum Gasteiger partial charge on any atom is 0.335 e. The van der Waals surface area contributed by atoms with E-state index in [-0.39, 0.29) is 17.9 Å². The number of aromatic carboxylic acids is 1. The largest absolute Gasteiger partial charge is 0.493 e. The number of carboxylic acids is 1. The highest BCUT2D eigenvalue weighted by atomic mass is 79.9. The number of nitrogens with one attached hydrogen (secondary N) is 1. The Bertz CT molecular complexity index is 1150. The molecule has 0 aliphatic heterocycles. The molecule has 2 aromatic carbocycles. The summed E-state index contributed by atoms with van der Waals surface area (Å²) in [7, 11) is 1.51. The second kappa shape index (κ2) is 10.4. The highest BCUT2D eigenvalue weighted by Gasteiger charge is 2.12. The molecule has 11 heteroatoms. The lowest BCUT2D eigenvalue weighted by Crippen LogP contribution is -2.01. The number of aromatic nitrogens is 1. The van der Waals surface area contributed by atoms with E-state index in [2.05, 4.69) is 31.4 Å². The van der Waals surface area contributed by atoms with Crippen molar-refractivity contribution in [2.45, 2.75) is 6.61 Å². The summed E-state index contributed by atoms with van der Waals surface area (Å²) in [4.78, 5) is 25.0. The number of hydrazone groups is 1. The number of anilines is 1. The van der Waals surface area contributed by atoms with Crippen LogP contribution in [0.5, 0.6) is 11.5 Å². The first-order chi connectivity index (χ1) is 15.4. The summed E-state index contributed by atoms with van der Waals surface area (Å²) >= 11 is 3.46. The third kappa shape index (κ3) is 5.79. The van der Waals surface area contributed by atoms with Gasteiger partial charge in [0.25, 0.3) is 5.69 Å². The first kappa shape index (κ1) is 22.7. The Labute approximate surface area is 190 Å². The van der Waals surface area contributed by atoms with Gasteiger partial charge in [0, 0.05) is 6.07 Å². The molecule has 2 N–H and O–H groups in total. The van der Waals surface area contributed by atoms with Crippen LogP contribution in [0.1, 0.15) is 21.5 Å². The van der Waals surface area contributed by atoms with Crippen molar-refractivity contribution in [1.29, 1.82) is 0 Å². The number of benzene rings is 2. The standard InChI is InChI=1S/C21H17BrN4O6/c1-31-18-9-14(10-24-25-19-7-6-16(11-23-19)26(29)30)8-17(22)20(18)32-12-13-2-4-15(5-3-13)21(27)28/h2-11H,12H2,1H3,(H,23,25)(H,27,28)/b24-10-. The van der Waals surface area contributed by atoms with Gasteiger partial charge in [-0.3, -0.25) is 15.5 Å². The van der Waals surface area contributed by atoms with E-state index in [1.54, 1.807) is 24.3 Å². The van der Waals surface area contributed by atoms with Gasteiger partial charge in [0.05, 0.1) is 28.3 Å². The van der Waals surface area contributed by atoms with Gasteiger partial charge in [-0.1, -0.05) is 12.1 Å². The van der Waals surface area contributed by atoms with Gasteiger partial charge in [-0.2, -0.15) is 5.10 Å². The van der Waals surface area contributed by atoms with Crippen molar-refractivity contribution >= 4 is 39.6 Å². The normalized spacial score (nSPS) is 10.7. The fourth-order valence-corrected chi connectivity index (χ4v) is 3.16. The molecule has 0 unspecified atom stereocenters. The molecule has 0 saturated carbocycles. The quantitative estimate of drug-likeness (QED) is 0.249. The molecule has 32 heavy (non-hydrogen) atoms. The van der Waals surface area contributed by atoms with E-state index in [0.29, 0.717) is 27.4 Å². The number of carboxylic acid groups (broad SMARTS) is 1. The molecule has 0 bridgehead atoms. The van der Waals surface area contributed by atoms with Gasteiger partial charge in [0.2, 0.25) is 0 Å². The number of carbonyl (C=O) groups is 1. The average molecular weight is 501 g/mol. The molecule has 3 aromatic rings. The van der Waals surface area contributed by atoms with Gasteiger partial charge in [0.15, 0.2) is 11.5 Å². The summed E-state index contributed by atoms with van der Waals surface area (Å²) in [5.41, 5.74) is 4.29. The highest BCUT2D eigenvalue weighted by molar-refractivity contribution is 9.10. The van der Waals surface area contributed by atoms with Crippen molar-refractivity contribution in [3.8, 4) is 11.5 Å². The molecule has 0 aliphatic carbocycles. The summed E-state index contributed by atoms with van der Waals surface area (Å²) in [6.07, 6.45) is 2.67. The van der Waals surface area contributed by atoms with Crippen LogP contribution in [-0.4, -0.2) is 34.3 Å². The number of nitrogens with zero attached hydrogens (tertiary/aromatic N) is 3. The number of methoxy groups -OCH3 is 1. The van der Waals surface area contributed by atoms with Crippen LogP contribution in [0.15, 0.2) is 64.3 Å². The minimum atomic E-state index is -0.988. The predicted octanol–water partition coefficient (Wildman–Crippen LogP) is 4.48. The molecular formula is C21H17BrN4O6. The van der Waals surface area contributed by atoms with Gasteiger partial charge in [0.1, 0.15) is 18.6 Å². The highest BCUT2D eigenvalue weighted by Crippen LogP contribution is 2.36. The number of halogens is 1. The topological polar surface area (TPSA) is 136 Å². The lowest BCUT2D eigenvalue weighted by molar-refractivity contribution is -0.385. The smallest absolute Gasteiger partial charge is 0.335 e. The van der Waals surface area contributed by atoms with Crippen molar-refractivity contribution < 1.29 is 24.3 Å². The summed E-state index contributed by atoms with van der Waals surface area (Å²) < 4.78 is 11.9. The van der Waals surface area contributed by atoms with Gasteiger partial charge in [-0.25, -0.2) is 9.78 Å². The van der Waals surface area contributed by atoms with Gasteiger partial charge in [-0.15, -0.1) is 0 Å². The molecule has 10 nitrogen and oxygen atoms in total. The number of hydrogen-bond donors (Lipinski definition) is 2. The second-order valence-corrected chi connectivity index (χ2v) is 7.21. The first-order valence-electron chi connectivity index (χ1n) is 9.09. The molecule has 164 valence electrons. The number of ether oxygens (including phenoxy) is 2. The Morgan fingerprint density at radius 1 is 1.28 bits per heavy atom. The monoisotopic (exact) mass is 500 g/mol. The van der Waals surface area contributed by atoms with Crippen molar-refractivity contribution in [2.24, 2.45) is 5.10 Å². The van der Waals surface area contributed by atoms with Crippen LogP contribution in [-0.2, 0) is 6.61 Å². The minimum Gasteiger partial charge on any atom is -0.493 e. The van der Waals surface area contributed by atoms with Crippen LogP contribution >= 0.6 is 15.9 Å². The zero-order valence-corrected chi connectivity index (χ0v) is 18.3. The molecule has 0 saturated heterocycles. The first-order valence-corrected chi connectivity index (χ1v) is 9.88. The van der Waals surface area contributed by atoms with Crippen LogP contribution in [0.25, 0.3) is 0 Å². The Hall–Kier alpha value is -3.99. The zero-order valence-electron chi connectivity index (χ0n) is 16.7. The SMILES string of the molecule is COc1cc(/C=N\Nc2ccc([N+](=O)[O-])cn2)cc(Br)c1OCc1ccc(C(=O)O)cc1. The van der Waals surface area contributed by atoms with E-state index in [0.717, 1.165) is 11.8 Å². The Morgan fingerprint density at radius 2 is 2.03 bits per heavy atom. The molecule has 1 aromatic heterocycles. The Kier molecular flexibility index (Phi) is 7.34. The predicted molar refractivity (Wildman–Crippen MR) is 121 cm³/mol. The molecule has 1 heterocycles. The molecule has 0 fully saturated rings. The number of nitro groups is 1. The van der Waals surface area contributed by atoms with E-state index in [9.17, 15) is 14.9 Å². The molecule has 0 amide bonds. The summed E-state index contributed by atoms with van der Waals surface area (Å²) in [5, 5.41) is 23.7. The van der Waals surface area contributed by atoms with Crippen LogP contribution in [0.2, 0.25) is 0 Å². The molecule has 3 rings (SSSR count). The number of rotatable bonds is 9. The third-order valence-corrected chi connectivity index (χ3v) is 4.78. The van der Waals surface area contributed by atoms with Crippen molar-refractivity contribution in [2.75, 3.05) is 12.5 Å². The fourth-order valence-electron chi connectivity index (χ4n) is 2.59. The molecular weight excluding hydrogens is 484 g/mol. The Balaban J connectivity index is 1.67. The average Bonchev–Trinajstić information content (AvgIpc) is 2.78. The number of hydrogen-bond acceptors (Lipinski definition) is 8. The molecule has 0 radical (unpaired) electrons. The van der Waals surface area contributed by atoms with Crippen LogP contribution < -0.4 is 14.9 Å². The summed E-state index contributed by atoms with van der Waals surface area (Å²) in [5.74, 6) is 0.318. The second-order valence-electron chi connectivity index (χ2n) is 6.35. The lowest BCUT2D eigenvalue weighted by atomic mass is 10.1. The Morgan fingerprint density at radius 3 is 2.62 bits per heavy atom. The fraction of sp³-hybridized carbons (Fsp3) is 0.0952. The van der Waals surface area contributed by atoms with E-state index >= 15 is 0 Å². The van der Waals surface area contributed by atoms with Crippen molar-refractivity contribution in [1.82, 2.24) is 4.98 Å². The molecule has 0 atom stereocenters. The maximum atomic E-state index is 10.9. The zero-order chi connectivity index (χ0) is 23.1. The van der Waals surface area contributed by atoms with Gasteiger partial charge >= 0.3 is 5.97 Å². The minimum absolute atomic E-state index is 0.110. The van der Waals surface area contributed by atoms with E-state index in [1.165, 1.54) is 37.6 Å². The van der Waals surface area contributed by atoms with Crippen LogP contribution in [0.3, 0.4) is 0 Å². The van der Waals surface area contributed by atoms with Gasteiger partial charge < -0.3 is 14.6 Å². The summed E-state index contributed by atoms with van der Waals surface area (Å²) in [6.45, 7) is 0.218. The van der Waals surface area contributed by atoms with Crippen LogP contribution in [0, 0.1) is 10.1 Å². The van der Waals surface area contributed by atoms with Crippen molar-refractivity contribution in [3.05, 3.63) is 86.0 Å². The third-order valence-electron chi connectivity index (χ3n) is 4.19.